The standard InChI is InChI=1S/C14H22N4O2/c1-4-20-14-7-13(15-10-16-14)17(3)8-12-5-6-18(9-12)11(2)19/h7,10,12H,4-6,8-9H2,1-3H3/t12-/m0/s1. The van der Waals surface area contributed by atoms with Crippen molar-refractivity contribution >= 4 is 11.7 Å². The van der Waals surface area contributed by atoms with Gasteiger partial charge in [0, 0.05) is 39.7 Å². The van der Waals surface area contributed by atoms with Crippen LogP contribution in [0.25, 0.3) is 0 Å². The summed E-state index contributed by atoms with van der Waals surface area (Å²) in [5.41, 5.74) is 0. The maximum Gasteiger partial charge on any atom is 0.219 e. The van der Waals surface area contributed by atoms with Gasteiger partial charge in [0.2, 0.25) is 11.8 Å². The Hall–Kier alpha value is -1.85. The summed E-state index contributed by atoms with van der Waals surface area (Å²) in [5.74, 6) is 2.11. The number of aromatic nitrogens is 2. The summed E-state index contributed by atoms with van der Waals surface area (Å²) in [6.07, 6.45) is 2.57. The first-order valence-electron chi connectivity index (χ1n) is 7.01. The molecule has 1 aliphatic heterocycles. The van der Waals surface area contributed by atoms with Crippen molar-refractivity contribution in [1.82, 2.24) is 14.9 Å². The van der Waals surface area contributed by atoms with E-state index in [2.05, 4.69) is 14.9 Å². The number of amides is 1. The second-order valence-corrected chi connectivity index (χ2v) is 5.15. The topological polar surface area (TPSA) is 58.6 Å². The normalized spacial score (nSPS) is 18.1. The highest BCUT2D eigenvalue weighted by molar-refractivity contribution is 5.73. The molecule has 1 aromatic rings. The average Bonchev–Trinajstić information content (AvgIpc) is 2.88. The highest BCUT2D eigenvalue weighted by atomic mass is 16.5. The average molecular weight is 278 g/mol. The van der Waals surface area contributed by atoms with Crippen molar-refractivity contribution in [2.45, 2.75) is 20.3 Å². The Morgan fingerprint density at radius 2 is 2.35 bits per heavy atom. The molecule has 0 N–H and O–H groups in total. The molecule has 1 fully saturated rings. The number of anilines is 1. The number of likely N-dealkylation sites (tertiary alicyclic amines) is 1. The second-order valence-electron chi connectivity index (χ2n) is 5.15. The molecule has 0 bridgehead atoms. The fourth-order valence-electron chi connectivity index (χ4n) is 2.51. The van der Waals surface area contributed by atoms with E-state index in [1.807, 2.05) is 24.9 Å². The smallest absolute Gasteiger partial charge is 0.219 e. The zero-order valence-corrected chi connectivity index (χ0v) is 12.4. The van der Waals surface area contributed by atoms with Gasteiger partial charge in [0.15, 0.2) is 0 Å². The van der Waals surface area contributed by atoms with Crippen LogP contribution < -0.4 is 9.64 Å². The Kier molecular flexibility index (Phi) is 4.76. The van der Waals surface area contributed by atoms with Crippen LogP contribution >= 0.6 is 0 Å². The molecule has 0 unspecified atom stereocenters. The van der Waals surface area contributed by atoms with Crippen LogP contribution in [-0.4, -0.2) is 54.1 Å². The first-order chi connectivity index (χ1) is 9.60. The summed E-state index contributed by atoms with van der Waals surface area (Å²) in [4.78, 5) is 23.7. The van der Waals surface area contributed by atoms with Crippen molar-refractivity contribution in [1.29, 1.82) is 0 Å². The molecular formula is C14H22N4O2. The highest BCUT2D eigenvalue weighted by Gasteiger charge is 2.25. The van der Waals surface area contributed by atoms with E-state index in [-0.39, 0.29) is 5.91 Å². The van der Waals surface area contributed by atoms with Gasteiger partial charge >= 0.3 is 0 Å². The fourth-order valence-corrected chi connectivity index (χ4v) is 2.51. The van der Waals surface area contributed by atoms with E-state index in [0.29, 0.717) is 18.4 Å². The molecule has 1 amide bonds. The Morgan fingerprint density at radius 3 is 3.00 bits per heavy atom. The molecule has 1 saturated heterocycles. The number of ether oxygens (including phenoxy) is 1. The highest BCUT2D eigenvalue weighted by Crippen LogP contribution is 2.20. The van der Waals surface area contributed by atoms with Crippen LogP contribution in [0.15, 0.2) is 12.4 Å². The van der Waals surface area contributed by atoms with E-state index in [0.717, 1.165) is 31.9 Å². The zero-order valence-electron chi connectivity index (χ0n) is 12.4. The lowest BCUT2D eigenvalue weighted by atomic mass is 10.1. The summed E-state index contributed by atoms with van der Waals surface area (Å²) >= 11 is 0. The van der Waals surface area contributed by atoms with Crippen LogP contribution in [0.3, 0.4) is 0 Å². The molecular weight excluding hydrogens is 256 g/mol. The van der Waals surface area contributed by atoms with Gasteiger partial charge in [-0.1, -0.05) is 0 Å². The zero-order chi connectivity index (χ0) is 14.5. The van der Waals surface area contributed by atoms with Crippen LogP contribution in [0, 0.1) is 5.92 Å². The van der Waals surface area contributed by atoms with E-state index >= 15 is 0 Å². The lowest BCUT2D eigenvalue weighted by molar-refractivity contribution is -0.127. The van der Waals surface area contributed by atoms with Crippen LogP contribution in [-0.2, 0) is 4.79 Å². The van der Waals surface area contributed by atoms with Gasteiger partial charge in [-0.2, -0.15) is 0 Å². The van der Waals surface area contributed by atoms with E-state index in [4.69, 9.17) is 4.74 Å². The number of nitrogens with zero attached hydrogens (tertiary/aromatic N) is 4. The van der Waals surface area contributed by atoms with Crippen LogP contribution in [0.1, 0.15) is 20.3 Å². The quantitative estimate of drug-likeness (QED) is 0.809. The molecule has 2 heterocycles. The largest absolute Gasteiger partial charge is 0.478 e. The number of carbonyl (C=O) groups excluding carboxylic acids is 1. The van der Waals surface area contributed by atoms with Gasteiger partial charge in [-0.15, -0.1) is 0 Å². The van der Waals surface area contributed by atoms with Gasteiger partial charge < -0.3 is 14.5 Å². The summed E-state index contributed by atoms with van der Waals surface area (Å²) in [7, 11) is 2.01. The second kappa shape index (κ2) is 6.54. The summed E-state index contributed by atoms with van der Waals surface area (Å²) in [6.45, 7) is 6.73. The third-order valence-electron chi connectivity index (χ3n) is 3.57. The predicted molar refractivity (Wildman–Crippen MR) is 76.8 cm³/mol. The molecule has 6 heteroatoms. The minimum Gasteiger partial charge on any atom is -0.478 e. The minimum absolute atomic E-state index is 0.163. The Balaban J connectivity index is 1.93. The summed E-state index contributed by atoms with van der Waals surface area (Å²) in [5, 5.41) is 0. The first-order valence-corrected chi connectivity index (χ1v) is 7.01. The third kappa shape index (κ3) is 3.59. The summed E-state index contributed by atoms with van der Waals surface area (Å²) in [6, 6.07) is 1.85. The molecule has 1 aliphatic rings. The van der Waals surface area contributed by atoms with Crippen LogP contribution in [0.2, 0.25) is 0 Å². The summed E-state index contributed by atoms with van der Waals surface area (Å²) < 4.78 is 5.38. The molecule has 0 aromatic carbocycles. The lowest BCUT2D eigenvalue weighted by Crippen LogP contribution is -2.30. The number of rotatable bonds is 5. The molecule has 20 heavy (non-hydrogen) atoms. The van der Waals surface area contributed by atoms with Crippen molar-refractivity contribution in [3.63, 3.8) is 0 Å². The molecule has 2 rings (SSSR count). The molecule has 1 aromatic heterocycles. The molecule has 1 atom stereocenters. The van der Waals surface area contributed by atoms with E-state index in [1.165, 1.54) is 6.33 Å². The molecule has 110 valence electrons. The van der Waals surface area contributed by atoms with Crippen LogP contribution in [0.5, 0.6) is 5.88 Å². The van der Waals surface area contributed by atoms with Crippen molar-refractivity contribution in [3.05, 3.63) is 12.4 Å². The number of hydrogen-bond donors (Lipinski definition) is 0. The fraction of sp³-hybridized carbons (Fsp3) is 0.643. The van der Waals surface area contributed by atoms with E-state index in [1.54, 1.807) is 6.92 Å². The van der Waals surface area contributed by atoms with Crippen LogP contribution in [0.4, 0.5) is 5.82 Å². The van der Waals surface area contributed by atoms with Crippen molar-refractivity contribution < 1.29 is 9.53 Å². The maximum atomic E-state index is 11.3. The van der Waals surface area contributed by atoms with Gasteiger partial charge in [-0.25, -0.2) is 9.97 Å². The first kappa shape index (κ1) is 14.6. The minimum atomic E-state index is 0.163. The van der Waals surface area contributed by atoms with E-state index < -0.39 is 0 Å². The monoisotopic (exact) mass is 278 g/mol. The Morgan fingerprint density at radius 1 is 1.55 bits per heavy atom. The Labute approximate surface area is 119 Å². The third-order valence-corrected chi connectivity index (χ3v) is 3.57. The van der Waals surface area contributed by atoms with Gasteiger partial charge in [0.1, 0.15) is 12.1 Å². The Bertz CT molecular complexity index is 466. The van der Waals surface area contributed by atoms with Gasteiger partial charge in [-0.05, 0) is 19.3 Å². The maximum absolute atomic E-state index is 11.3. The molecule has 0 aliphatic carbocycles. The molecule has 6 nitrogen and oxygen atoms in total. The molecule has 0 radical (unpaired) electrons. The molecule has 0 spiro atoms. The lowest BCUT2D eigenvalue weighted by Gasteiger charge is -2.22. The molecule has 0 saturated carbocycles. The van der Waals surface area contributed by atoms with E-state index in [9.17, 15) is 4.79 Å². The van der Waals surface area contributed by atoms with Crippen molar-refractivity contribution in [2.75, 3.05) is 38.2 Å². The van der Waals surface area contributed by atoms with Gasteiger partial charge in [0.05, 0.1) is 6.61 Å². The van der Waals surface area contributed by atoms with Gasteiger partial charge in [0.25, 0.3) is 0 Å². The predicted octanol–water partition coefficient (Wildman–Crippen LogP) is 1.18. The van der Waals surface area contributed by atoms with Crippen molar-refractivity contribution in [3.8, 4) is 5.88 Å². The number of carbonyl (C=O) groups is 1. The van der Waals surface area contributed by atoms with Crippen molar-refractivity contribution in [2.24, 2.45) is 5.92 Å². The number of hydrogen-bond acceptors (Lipinski definition) is 5. The SMILES string of the molecule is CCOc1cc(N(C)C[C@@H]2CCN(C(C)=O)C2)ncn1. The van der Waals surface area contributed by atoms with Gasteiger partial charge in [-0.3, -0.25) is 4.79 Å².